The predicted octanol–water partition coefficient (Wildman–Crippen LogP) is 1.35. The number of hydrogen-bond donors (Lipinski definition) is 2. The Labute approximate surface area is 137 Å². The van der Waals surface area contributed by atoms with Crippen LogP contribution in [0.4, 0.5) is 5.13 Å². The van der Waals surface area contributed by atoms with Crippen LogP contribution in [0.25, 0.3) is 0 Å². The average Bonchev–Trinajstić information content (AvgIpc) is 3.16. The van der Waals surface area contributed by atoms with Gasteiger partial charge >= 0.3 is 0 Å². The summed E-state index contributed by atoms with van der Waals surface area (Å²) >= 11 is 1.32. The largest absolute Gasteiger partial charge is 0.497 e. The smallest absolute Gasteiger partial charge is 0.248 e. The molecule has 1 fully saturated rings. The number of nitrogens with zero attached hydrogens (tertiary/aromatic N) is 2. The maximum absolute atomic E-state index is 12.0. The lowest BCUT2D eigenvalue weighted by Crippen LogP contribution is -2.37. The molecule has 1 aromatic heterocycles. The third-order valence-corrected chi connectivity index (χ3v) is 4.34. The number of ether oxygens (including phenoxy) is 1. The zero-order valence-electron chi connectivity index (χ0n) is 12.5. The number of carbonyl (C=O) groups is 2. The number of anilines is 1. The number of benzene rings is 1. The van der Waals surface area contributed by atoms with Crippen LogP contribution in [-0.4, -0.2) is 35.2 Å². The molecule has 2 N–H and O–H groups in total. The lowest BCUT2D eigenvalue weighted by atomic mass is 10.1. The molecular formula is C15H16N4O3S. The Morgan fingerprint density at radius 3 is 3.09 bits per heavy atom. The van der Waals surface area contributed by atoms with E-state index in [1.165, 1.54) is 11.3 Å². The van der Waals surface area contributed by atoms with E-state index in [2.05, 4.69) is 20.8 Å². The topological polar surface area (TPSA) is 93.2 Å². The van der Waals surface area contributed by atoms with E-state index < -0.39 is 6.04 Å². The van der Waals surface area contributed by atoms with Gasteiger partial charge < -0.3 is 10.1 Å². The molecule has 120 valence electrons. The van der Waals surface area contributed by atoms with Crippen molar-refractivity contribution >= 4 is 28.3 Å². The Kier molecular flexibility index (Phi) is 4.52. The Morgan fingerprint density at radius 1 is 1.48 bits per heavy atom. The Balaban J connectivity index is 1.61. The fraction of sp³-hybridized carbons (Fsp3) is 0.333. The van der Waals surface area contributed by atoms with Crippen LogP contribution in [0, 0.1) is 0 Å². The summed E-state index contributed by atoms with van der Waals surface area (Å²) in [5.74, 6) is 0.443. The molecule has 2 amide bonds. The van der Waals surface area contributed by atoms with Crippen LogP contribution < -0.4 is 15.4 Å². The van der Waals surface area contributed by atoms with Crippen LogP contribution in [0.3, 0.4) is 0 Å². The van der Waals surface area contributed by atoms with Crippen LogP contribution in [0.15, 0.2) is 24.3 Å². The molecule has 1 atom stereocenters. The van der Waals surface area contributed by atoms with Gasteiger partial charge in [-0.15, -0.1) is 10.2 Å². The first-order valence-electron chi connectivity index (χ1n) is 7.19. The quantitative estimate of drug-likeness (QED) is 0.862. The summed E-state index contributed by atoms with van der Waals surface area (Å²) in [5.41, 5.74) is 1.06. The van der Waals surface area contributed by atoms with Crippen molar-refractivity contribution in [2.24, 2.45) is 0 Å². The molecule has 7 nitrogen and oxygen atoms in total. The standard InChI is InChI=1S/C15H16N4O3S/c1-22-10-4-2-3-9(7-10)8-13-18-19-15(23-13)17-14(21)11-5-6-12(20)16-11/h2-4,7,11H,5-6,8H2,1H3,(H,16,20)(H,17,19,21)/t11-/m0/s1. The van der Waals surface area contributed by atoms with Crippen molar-refractivity contribution in [1.82, 2.24) is 15.5 Å². The van der Waals surface area contributed by atoms with Gasteiger partial charge in [-0.25, -0.2) is 0 Å². The molecule has 23 heavy (non-hydrogen) atoms. The molecule has 1 saturated heterocycles. The number of rotatable bonds is 5. The van der Waals surface area contributed by atoms with Crippen molar-refractivity contribution < 1.29 is 14.3 Å². The Bertz CT molecular complexity index is 731. The van der Waals surface area contributed by atoms with Crippen molar-refractivity contribution in [2.75, 3.05) is 12.4 Å². The van der Waals surface area contributed by atoms with Gasteiger partial charge in [-0.3, -0.25) is 14.9 Å². The highest BCUT2D eigenvalue weighted by molar-refractivity contribution is 7.15. The molecule has 0 radical (unpaired) electrons. The molecule has 1 aliphatic rings. The second-order valence-corrected chi connectivity index (χ2v) is 6.24. The lowest BCUT2D eigenvalue weighted by Gasteiger charge is -2.07. The zero-order valence-corrected chi connectivity index (χ0v) is 13.4. The lowest BCUT2D eigenvalue weighted by molar-refractivity contribution is -0.122. The number of methoxy groups -OCH3 is 1. The summed E-state index contributed by atoms with van der Waals surface area (Å²) in [4.78, 5) is 23.2. The highest BCUT2D eigenvalue weighted by atomic mass is 32.1. The summed E-state index contributed by atoms with van der Waals surface area (Å²) in [7, 11) is 1.62. The minimum atomic E-state index is -0.478. The van der Waals surface area contributed by atoms with E-state index in [1.54, 1.807) is 7.11 Å². The summed E-state index contributed by atoms with van der Waals surface area (Å²) in [6.45, 7) is 0. The first-order chi connectivity index (χ1) is 11.1. The van der Waals surface area contributed by atoms with E-state index in [0.717, 1.165) is 16.3 Å². The SMILES string of the molecule is COc1cccc(Cc2nnc(NC(=O)[C@@H]3CCC(=O)N3)s2)c1. The highest BCUT2D eigenvalue weighted by Gasteiger charge is 2.27. The van der Waals surface area contributed by atoms with Gasteiger partial charge in [0.25, 0.3) is 0 Å². The van der Waals surface area contributed by atoms with Crippen LogP contribution in [-0.2, 0) is 16.0 Å². The molecule has 0 bridgehead atoms. The molecule has 0 saturated carbocycles. The van der Waals surface area contributed by atoms with Crippen LogP contribution in [0.5, 0.6) is 5.75 Å². The van der Waals surface area contributed by atoms with Gasteiger partial charge in [-0.2, -0.15) is 0 Å². The minimum Gasteiger partial charge on any atom is -0.497 e. The van der Waals surface area contributed by atoms with Gasteiger partial charge in [0.2, 0.25) is 16.9 Å². The van der Waals surface area contributed by atoms with Gasteiger partial charge in [0.15, 0.2) is 0 Å². The highest BCUT2D eigenvalue weighted by Crippen LogP contribution is 2.21. The second kappa shape index (κ2) is 6.74. The maximum atomic E-state index is 12.0. The number of hydrogen-bond acceptors (Lipinski definition) is 6. The first kappa shape index (κ1) is 15.4. The summed E-state index contributed by atoms with van der Waals surface area (Å²) in [6, 6.07) is 7.24. The average molecular weight is 332 g/mol. The molecule has 8 heteroatoms. The molecule has 2 heterocycles. The van der Waals surface area contributed by atoms with E-state index >= 15 is 0 Å². The second-order valence-electron chi connectivity index (χ2n) is 5.18. The van der Waals surface area contributed by atoms with E-state index in [-0.39, 0.29) is 11.8 Å². The molecule has 3 rings (SSSR count). The third-order valence-electron chi connectivity index (χ3n) is 3.50. The van der Waals surface area contributed by atoms with Gasteiger partial charge in [0.05, 0.1) is 7.11 Å². The van der Waals surface area contributed by atoms with E-state index in [9.17, 15) is 9.59 Å². The monoisotopic (exact) mass is 332 g/mol. The number of nitrogens with one attached hydrogen (secondary N) is 2. The molecular weight excluding hydrogens is 316 g/mol. The fourth-order valence-electron chi connectivity index (χ4n) is 2.34. The predicted molar refractivity (Wildman–Crippen MR) is 85.5 cm³/mol. The number of aromatic nitrogens is 2. The minimum absolute atomic E-state index is 0.0962. The normalized spacial score (nSPS) is 16.9. The Morgan fingerprint density at radius 2 is 2.35 bits per heavy atom. The molecule has 0 unspecified atom stereocenters. The maximum Gasteiger partial charge on any atom is 0.248 e. The van der Waals surface area contributed by atoms with Gasteiger partial charge in [-0.05, 0) is 24.1 Å². The zero-order chi connectivity index (χ0) is 16.2. The van der Waals surface area contributed by atoms with E-state index in [1.807, 2.05) is 24.3 Å². The summed E-state index contributed by atoms with van der Waals surface area (Å²) in [5, 5.41) is 14.6. The van der Waals surface area contributed by atoms with Crippen LogP contribution in [0.1, 0.15) is 23.4 Å². The van der Waals surface area contributed by atoms with Gasteiger partial charge in [0.1, 0.15) is 16.8 Å². The fourth-order valence-corrected chi connectivity index (χ4v) is 3.11. The van der Waals surface area contributed by atoms with Crippen LogP contribution in [0.2, 0.25) is 0 Å². The molecule has 2 aromatic rings. The molecule has 0 aliphatic carbocycles. The first-order valence-corrected chi connectivity index (χ1v) is 8.01. The van der Waals surface area contributed by atoms with Crippen molar-refractivity contribution in [3.8, 4) is 5.75 Å². The Hall–Kier alpha value is -2.48. The number of amides is 2. The molecule has 1 aromatic carbocycles. The van der Waals surface area contributed by atoms with E-state index in [0.29, 0.717) is 24.4 Å². The summed E-state index contributed by atoms with van der Waals surface area (Å²) in [6.07, 6.45) is 1.51. The van der Waals surface area contributed by atoms with Gasteiger partial charge in [-0.1, -0.05) is 23.5 Å². The van der Waals surface area contributed by atoms with Crippen molar-refractivity contribution in [1.29, 1.82) is 0 Å². The molecule has 1 aliphatic heterocycles. The van der Waals surface area contributed by atoms with E-state index in [4.69, 9.17) is 4.74 Å². The van der Waals surface area contributed by atoms with Crippen molar-refractivity contribution in [3.63, 3.8) is 0 Å². The third kappa shape index (κ3) is 3.84. The summed E-state index contributed by atoms with van der Waals surface area (Å²) < 4.78 is 5.19. The van der Waals surface area contributed by atoms with Crippen molar-refractivity contribution in [2.45, 2.75) is 25.3 Å². The van der Waals surface area contributed by atoms with Crippen molar-refractivity contribution in [3.05, 3.63) is 34.8 Å². The van der Waals surface area contributed by atoms with Crippen LogP contribution >= 0.6 is 11.3 Å². The number of carbonyl (C=O) groups excluding carboxylic acids is 2. The van der Waals surface area contributed by atoms with Gasteiger partial charge in [0, 0.05) is 12.8 Å². The molecule has 0 spiro atoms.